The number of rotatable bonds is 4. The van der Waals surface area contributed by atoms with E-state index in [0.29, 0.717) is 47.8 Å². The highest BCUT2D eigenvalue weighted by Gasteiger charge is 2.28. The van der Waals surface area contributed by atoms with Crippen molar-refractivity contribution in [3.63, 3.8) is 0 Å². The van der Waals surface area contributed by atoms with Crippen LogP contribution >= 0.6 is 11.6 Å². The molecular formula is C23H22ClFN6O. The van der Waals surface area contributed by atoms with Crippen molar-refractivity contribution in [2.45, 2.75) is 31.9 Å². The highest BCUT2D eigenvalue weighted by molar-refractivity contribution is 6.30. The quantitative estimate of drug-likeness (QED) is 0.452. The molecule has 6 rings (SSSR count). The minimum atomic E-state index is -0.380. The van der Waals surface area contributed by atoms with Gasteiger partial charge in [-0.15, -0.1) is 0 Å². The fourth-order valence-electron chi connectivity index (χ4n) is 4.25. The van der Waals surface area contributed by atoms with E-state index in [1.807, 2.05) is 34.5 Å². The Balaban J connectivity index is 1.37. The summed E-state index contributed by atoms with van der Waals surface area (Å²) in [6.45, 7) is 3.81. The number of anilines is 1. The third-order valence-electron chi connectivity index (χ3n) is 6.06. The van der Waals surface area contributed by atoms with E-state index < -0.39 is 0 Å². The molecule has 1 aliphatic heterocycles. The van der Waals surface area contributed by atoms with E-state index in [4.69, 9.17) is 21.3 Å². The van der Waals surface area contributed by atoms with Crippen LogP contribution in [0.2, 0.25) is 5.02 Å². The van der Waals surface area contributed by atoms with Gasteiger partial charge in [0.15, 0.2) is 0 Å². The van der Waals surface area contributed by atoms with Gasteiger partial charge in [-0.3, -0.25) is 9.08 Å². The summed E-state index contributed by atoms with van der Waals surface area (Å²) in [7, 11) is 0. The molecule has 0 unspecified atom stereocenters. The average Bonchev–Trinajstić information content (AvgIpc) is 3.38. The monoisotopic (exact) mass is 452 g/mol. The molecule has 1 aromatic carbocycles. The van der Waals surface area contributed by atoms with Gasteiger partial charge in [0.2, 0.25) is 5.78 Å². The van der Waals surface area contributed by atoms with Crippen molar-refractivity contribution in [2.24, 2.45) is 0 Å². The molecule has 0 radical (unpaired) electrons. The molecule has 0 N–H and O–H groups in total. The normalized spacial score (nSPS) is 19.1. The van der Waals surface area contributed by atoms with E-state index in [2.05, 4.69) is 21.2 Å². The summed E-state index contributed by atoms with van der Waals surface area (Å²) in [5.74, 6) is 0.902. The van der Waals surface area contributed by atoms with Gasteiger partial charge in [-0.2, -0.15) is 10.1 Å². The molecule has 32 heavy (non-hydrogen) atoms. The number of ether oxygens (including phenoxy) is 1. The Labute approximate surface area is 189 Å². The average molecular weight is 453 g/mol. The highest BCUT2D eigenvalue weighted by atomic mass is 35.5. The van der Waals surface area contributed by atoms with Gasteiger partial charge >= 0.3 is 0 Å². The number of nitrogens with zero attached hydrogens (tertiary/aromatic N) is 6. The third kappa shape index (κ3) is 3.53. The van der Waals surface area contributed by atoms with Crippen LogP contribution in [0.4, 0.5) is 10.2 Å². The van der Waals surface area contributed by atoms with Gasteiger partial charge in [-0.1, -0.05) is 11.6 Å². The van der Waals surface area contributed by atoms with Crippen molar-refractivity contribution in [3.8, 4) is 11.3 Å². The maximum atomic E-state index is 14.8. The van der Waals surface area contributed by atoms with Crippen molar-refractivity contribution in [1.82, 2.24) is 24.1 Å². The minimum Gasteiger partial charge on any atom is -0.370 e. The van der Waals surface area contributed by atoms with Gasteiger partial charge in [0.05, 0.1) is 30.2 Å². The molecule has 1 atom stereocenters. The summed E-state index contributed by atoms with van der Waals surface area (Å²) in [4.78, 5) is 11.5. The molecule has 3 aromatic heterocycles. The van der Waals surface area contributed by atoms with Crippen LogP contribution in [0, 0.1) is 12.7 Å². The lowest BCUT2D eigenvalue weighted by Crippen LogP contribution is -2.38. The lowest BCUT2D eigenvalue weighted by Gasteiger charge is -2.33. The zero-order valence-electron chi connectivity index (χ0n) is 17.6. The van der Waals surface area contributed by atoms with Crippen LogP contribution in [-0.2, 0) is 4.74 Å². The molecule has 7 nitrogen and oxygen atoms in total. The lowest BCUT2D eigenvalue weighted by molar-refractivity contribution is 0.0395. The van der Waals surface area contributed by atoms with Gasteiger partial charge in [0, 0.05) is 47.7 Å². The van der Waals surface area contributed by atoms with Crippen LogP contribution in [0.3, 0.4) is 0 Å². The SMILES string of the molecule is Cc1cn2c(-c3ccc(Cl)cc3F)cc(N3CCO[C@H](c4cnn(C5CC5)c4)C3)nc2n1. The number of hydrogen-bond donors (Lipinski definition) is 0. The molecule has 1 aliphatic carbocycles. The molecule has 0 amide bonds. The number of morpholine rings is 1. The van der Waals surface area contributed by atoms with Crippen molar-refractivity contribution >= 4 is 23.2 Å². The Bertz CT molecular complexity index is 1310. The van der Waals surface area contributed by atoms with Crippen molar-refractivity contribution in [2.75, 3.05) is 24.6 Å². The summed E-state index contributed by atoms with van der Waals surface area (Å²) in [6.07, 6.45) is 8.15. The summed E-state index contributed by atoms with van der Waals surface area (Å²) in [6, 6.07) is 7.16. The molecule has 0 spiro atoms. The molecular weight excluding hydrogens is 431 g/mol. The van der Waals surface area contributed by atoms with Crippen LogP contribution in [0.25, 0.3) is 17.0 Å². The Morgan fingerprint density at radius 2 is 2.03 bits per heavy atom. The molecule has 164 valence electrons. The molecule has 1 saturated carbocycles. The molecule has 2 fully saturated rings. The molecule has 9 heteroatoms. The summed E-state index contributed by atoms with van der Waals surface area (Å²) < 4.78 is 24.7. The first-order valence-electron chi connectivity index (χ1n) is 10.8. The minimum absolute atomic E-state index is 0.0912. The largest absolute Gasteiger partial charge is 0.370 e. The number of aromatic nitrogens is 5. The van der Waals surface area contributed by atoms with Crippen molar-refractivity contribution < 1.29 is 9.13 Å². The van der Waals surface area contributed by atoms with E-state index in [1.54, 1.807) is 12.1 Å². The van der Waals surface area contributed by atoms with Crippen LogP contribution in [-0.4, -0.2) is 43.8 Å². The smallest absolute Gasteiger partial charge is 0.236 e. The molecule has 0 bridgehead atoms. The Kier molecular flexibility index (Phi) is 4.66. The standard InChI is InChI=1S/C23H22ClFN6O/c1-14-11-30-20(18-5-2-16(24)8-19(18)25)9-22(28-23(30)27-14)29-6-7-32-21(13-29)15-10-26-31(12-15)17-3-4-17/h2,5,8-12,17,21H,3-4,6-7,13H2,1H3/t21-/m0/s1. The molecule has 1 saturated heterocycles. The van der Waals surface area contributed by atoms with Crippen LogP contribution in [0.5, 0.6) is 0 Å². The highest BCUT2D eigenvalue weighted by Crippen LogP contribution is 2.36. The fourth-order valence-corrected chi connectivity index (χ4v) is 4.41. The number of benzene rings is 1. The fraction of sp³-hybridized carbons (Fsp3) is 0.348. The number of halogens is 2. The second-order valence-electron chi connectivity index (χ2n) is 8.47. The van der Waals surface area contributed by atoms with Gasteiger partial charge < -0.3 is 9.64 Å². The lowest BCUT2D eigenvalue weighted by atomic mass is 10.1. The maximum Gasteiger partial charge on any atom is 0.236 e. The van der Waals surface area contributed by atoms with E-state index in [-0.39, 0.29) is 11.9 Å². The van der Waals surface area contributed by atoms with E-state index in [1.165, 1.54) is 18.9 Å². The molecule has 2 aliphatic rings. The van der Waals surface area contributed by atoms with E-state index >= 15 is 0 Å². The second-order valence-corrected chi connectivity index (χ2v) is 8.90. The first kappa shape index (κ1) is 19.7. The van der Waals surface area contributed by atoms with Gasteiger partial charge in [0.1, 0.15) is 17.7 Å². The first-order chi connectivity index (χ1) is 15.5. The van der Waals surface area contributed by atoms with Gasteiger partial charge in [-0.25, -0.2) is 9.37 Å². The maximum absolute atomic E-state index is 14.8. The van der Waals surface area contributed by atoms with E-state index in [9.17, 15) is 4.39 Å². The summed E-state index contributed by atoms with van der Waals surface area (Å²) in [5, 5.41) is 4.86. The second kappa shape index (κ2) is 7.56. The van der Waals surface area contributed by atoms with Gasteiger partial charge in [-0.05, 0) is 38.0 Å². The predicted octanol–water partition coefficient (Wildman–Crippen LogP) is 4.61. The van der Waals surface area contributed by atoms with Crippen molar-refractivity contribution in [3.05, 3.63) is 65.0 Å². The third-order valence-corrected chi connectivity index (χ3v) is 6.29. The Morgan fingerprint density at radius 1 is 1.16 bits per heavy atom. The van der Waals surface area contributed by atoms with Crippen LogP contribution < -0.4 is 4.90 Å². The zero-order valence-corrected chi connectivity index (χ0v) is 18.3. The van der Waals surface area contributed by atoms with Crippen molar-refractivity contribution in [1.29, 1.82) is 0 Å². The van der Waals surface area contributed by atoms with E-state index in [0.717, 1.165) is 17.1 Å². The molecule has 4 heterocycles. The summed E-state index contributed by atoms with van der Waals surface area (Å²) in [5.41, 5.74) is 3.03. The Morgan fingerprint density at radius 3 is 2.84 bits per heavy atom. The number of aryl methyl sites for hydroxylation is 1. The van der Waals surface area contributed by atoms with Crippen LogP contribution in [0.1, 0.15) is 36.2 Å². The number of hydrogen-bond acceptors (Lipinski definition) is 5. The Hall–Kier alpha value is -2.97. The van der Waals surface area contributed by atoms with Crippen LogP contribution in [0.15, 0.2) is 42.9 Å². The summed E-state index contributed by atoms with van der Waals surface area (Å²) >= 11 is 5.98. The first-order valence-corrected chi connectivity index (χ1v) is 11.2. The predicted molar refractivity (Wildman–Crippen MR) is 120 cm³/mol. The topological polar surface area (TPSA) is 60.5 Å². The number of fused-ring (bicyclic) bond motifs is 1. The van der Waals surface area contributed by atoms with Gasteiger partial charge in [0.25, 0.3) is 0 Å². The molecule has 4 aromatic rings. The number of imidazole rings is 1. The zero-order chi connectivity index (χ0) is 21.8.